The van der Waals surface area contributed by atoms with Crippen molar-refractivity contribution in [2.24, 2.45) is 10.2 Å². The van der Waals surface area contributed by atoms with Gasteiger partial charge in [0.25, 0.3) is 11.6 Å². The zero-order chi connectivity index (χ0) is 22.5. The zero-order valence-electron chi connectivity index (χ0n) is 17.4. The van der Waals surface area contributed by atoms with Gasteiger partial charge in [0, 0.05) is 19.0 Å². The summed E-state index contributed by atoms with van der Waals surface area (Å²) in [6.07, 6.45) is 2.37. The summed E-state index contributed by atoms with van der Waals surface area (Å²) in [6, 6.07) is 21.7. The second-order valence-electron chi connectivity index (χ2n) is 7.35. The Morgan fingerprint density at radius 3 is 2.53 bits per heavy atom. The van der Waals surface area contributed by atoms with Crippen LogP contribution >= 0.6 is 0 Å². The fourth-order valence-electron chi connectivity index (χ4n) is 3.38. The average molecular weight is 427 g/mol. The molecule has 0 aliphatic carbocycles. The highest BCUT2D eigenvalue weighted by atomic mass is 16.6. The molecule has 1 heterocycles. The number of anilines is 1. The van der Waals surface area contributed by atoms with Crippen LogP contribution in [0.5, 0.6) is 0 Å². The van der Waals surface area contributed by atoms with Gasteiger partial charge in [-0.1, -0.05) is 54.1 Å². The van der Waals surface area contributed by atoms with Gasteiger partial charge >= 0.3 is 0 Å². The number of hydrogen-bond acceptors (Lipinski definition) is 6. The highest BCUT2D eigenvalue weighted by Gasteiger charge is 2.19. The minimum atomic E-state index is -0.639. The molecule has 3 aromatic carbocycles. The summed E-state index contributed by atoms with van der Waals surface area (Å²) in [5, 5.41) is 21.7. The van der Waals surface area contributed by atoms with E-state index in [9.17, 15) is 14.9 Å². The van der Waals surface area contributed by atoms with Gasteiger partial charge in [-0.3, -0.25) is 19.9 Å². The number of hydrazone groups is 2. The molecule has 0 saturated carbocycles. The summed E-state index contributed by atoms with van der Waals surface area (Å²) >= 11 is 0. The van der Waals surface area contributed by atoms with E-state index in [1.165, 1.54) is 30.0 Å². The van der Waals surface area contributed by atoms with Crippen molar-refractivity contribution in [1.82, 2.24) is 5.43 Å². The Bertz CT molecular complexity index is 1200. The van der Waals surface area contributed by atoms with E-state index < -0.39 is 10.8 Å². The number of para-hydroxylation sites is 1. The Hall–Kier alpha value is -4.33. The van der Waals surface area contributed by atoms with Crippen molar-refractivity contribution < 1.29 is 9.72 Å². The van der Waals surface area contributed by atoms with Gasteiger partial charge in [0.1, 0.15) is 5.56 Å². The smallest absolute Gasteiger partial charge is 0.267 e. The minimum absolute atomic E-state index is 0.0405. The normalized spacial score (nSPS) is 13.3. The number of nitro benzene ring substituents is 1. The third-order valence-corrected chi connectivity index (χ3v) is 5.10. The van der Waals surface area contributed by atoms with Gasteiger partial charge < -0.3 is 0 Å². The van der Waals surface area contributed by atoms with Crippen LogP contribution in [0.4, 0.5) is 11.4 Å². The van der Waals surface area contributed by atoms with Crippen LogP contribution in [0, 0.1) is 17.0 Å². The number of amides is 1. The van der Waals surface area contributed by atoms with Crippen molar-refractivity contribution in [3.8, 4) is 0 Å². The summed E-state index contributed by atoms with van der Waals surface area (Å²) in [5.41, 5.74) is 7.19. The van der Waals surface area contributed by atoms with Crippen molar-refractivity contribution in [2.75, 3.05) is 11.6 Å². The predicted molar refractivity (Wildman–Crippen MR) is 124 cm³/mol. The molecule has 3 aromatic rings. The maximum absolute atomic E-state index is 12.2. The summed E-state index contributed by atoms with van der Waals surface area (Å²) in [6.45, 7) is 2.87. The third kappa shape index (κ3) is 4.70. The molecule has 0 bridgehead atoms. The van der Waals surface area contributed by atoms with E-state index in [2.05, 4.69) is 41.7 Å². The highest BCUT2D eigenvalue weighted by molar-refractivity contribution is 6.02. The molecule has 0 saturated heterocycles. The lowest BCUT2D eigenvalue weighted by Gasteiger charge is -2.13. The van der Waals surface area contributed by atoms with Crippen LogP contribution < -0.4 is 10.4 Å². The molecule has 1 aliphatic heterocycles. The maximum Gasteiger partial charge on any atom is 0.282 e. The topological polar surface area (TPSA) is 100 Å². The van der Waals surface area contributed by atoms with E-state index in [4.69, 9.17) is 5.10 Å². The monoisotopic (exact) mass is 427 g/mol. The molecule has 160 valence electrons. The van der Waals surface area contributed by atoms with Gasteiger partial charge in [0.15, 0.2) is 0 Å². The van der Waals surface area contributed by atoms with Gasteiger partial charge in [0.2, 0.25) is 0 Å². The molecule has 4 rings (SSSR count). The van der Waals surface area contributed by atoms with Crippen LogP contribution in [0.3, 0.4) is 0 Å². The first-order valence-electron chi connectivity index (χ1n) is 10.1. The molecule has 1 N–H and O–H groups in total. The number of carbonyl (C=O) groups is 1. The van der Waals surface area contributed by atoms with Crippen molar-refractivity contribution >= 4 is 29.2 Å². The molecule has 8 nitrogen and oxygen atoms in total. The summed E-state index contributed by atoms with van der Waals surface area (Å²) in [4.78, 5) is 22.7. The fourth-order valence-corrected chi connectivity index (χ4v) is 3.38. The van der Waals surface area contributed by atoms with Crippen molar-refractivity contribution in [1.29, 1.82) is 0 Å². The number of benzene rings is 3. The summed E-state index contributed by atoms with van der Waals surface area (Å²) in [7, 11) is 0. The standard InChI is InChI=1S/C24H21N5O3/c1-17-6-10-19(11-7-17)22-14-15-28(27-22)20-12-8-18(9-13-20)16-25-26-24(30)21-4-2-3-5-23(21)29(31)32/h2-13,16H,14-15H2,1H3,(H,26,30)/b25-16-. The first kappa shape index (κ1) is 20.9. The first-order valence-corrected chi connectivity index (χ1v) is 10.1. The van der Waals surface area contributed by atoms with E-state index in [0.717, 1.165) is 35.5 Å². The van der Waals surface area contributed by atoms with Gasteiger partial charge in [0.05, 0.1) is 22.5 Å². The molecule has 1 aliphatic rings. The number of nitrogens with one attached hydrogen (secondary N) is 1. The van der Waals surface area contributed by atoms with E-state index in [1.54, 1.807) is 6.07 Å². The lowest BCUT2D eigenvalue weighted by Crippen LogP contribution is -2.19. The Morgan fingerprint density at radius 2 is 1.81 bits per heavy atom. The van der Waals surface area contributed by atoms with Gasteiger partial charge in [-0.2, -0.15) is 10.2 Å². The van der Waals surface area contributed by atoms with Crippen LogP contribution in [0.15, 0.2) is 83.0 Å². The van der Waals surface area contributed by atoms with Gasteiger partial charge in [-0.15, -0.1) is 0 Å². The molecular weight excluding hydrogens is 406 g/mol. The van der Waals surface area contributed by atoms with Crippen LogP contribution in [0.25, 0.3) is 0 Å². The van der Waals surface area contributed by atoms with Crippen molar-refractivity contribution in [3.05, 3.63) is 105 Å². The number of hydrogen-bond donors (Lipinski definition) is 1. The van der Waals surface area contributed by atoms with Gasteiger partial charge in [-0.05, 0) is 36.2 Å². The molecule has 0 atom stereocenters. The summed E-state index contributed by atoms with van der Waals surface area (Å²) in [5.74, 6) is -0.639. The number of aryl methyl sites for hydroxylation is 1. The first-order chi connectivity index (χ1) is 15.5. The van der Waals surface area contributed by atoms with Crippen molar-refractivity contribution in [2.45, 2.75) is 13.3 Å². The Labute approximate surface area is 185 Å². The highest BCUT2D eigenvalue weighted by Crippen LogP contribution is 2.22. The SMILES string of the molecule is Cc1ccc(C2=NN(c3ccc(/C=N\NC(=O)c4ccccc4[N+](=O)[O-])cc3)CC2)cc1. The molecular formula is C24H21N5O3. The second kappa shape index (κ2) is 9.22. The molecule has 0 spiro atoms. The minimum Gasteiger partial charge on any atom is -0.267 e. The number of rotatable bonds is 6. The molecule has 0 fully saturated rings. The number of carbonyl (C=O) groups excluding carboxylic acids is 1. The fraction of sp³-hybridized carbons (Fsp3) is 0.125. The van der Waals surface area contributed by atoms with Crippen LogP contribution in [0.2, 0.25) is 0 Å². The predicted octanol–water partition coefficient (Wildman–Crippen LogP) is 4.28. The lowest BCUT2D eigenvalue weighted by atomic mass is 10.1. The molecule has 8 heteroatoms. The van der Waals surface area contributed by atoms with Crippen LogP contribution in [-0.4, -0.2) is 29.3 Å². The Balaban J connectivity index is 1.39. The number of nitrogens with zero attached hydrogens (tertiary/aromatic N) is 4. The maximum atomic E-state index is 12.2. The quantitative estimate of drug-likeness (QED) is 0.360. The second-order valence-corrected chi connectivity index (χ2v) is 7.35. The van der Waals surface area contributed by atoms with E-state index in [-0.39, 0.29) is 11.3 Å². The molecule has 0 aromatic heterocycles. The molecule has 1 amide bonds. The molecule has 0 unspecified atom stereocenters. The van der Waals surface area contributed by atoms with E-state index in [1.807, 2.05) is 29.3 Å². The Morgan fingerprint density at radius 1 is 1.09 bits per heavy atom. The van der Waals surface area contributed by atoms with Crippen LogP contribution in [-0.2, 0) is 0 Å². The third-order valence-electron chi connectivity index (χ3n) is 5.10. The molecule has 32 heavy (non-hydrogen) atoms. The largest absolute Gasteiger partial charge is 0.282 e. The van der Waals surface area contributed by atoms with Crippen LogP contribution in [0.1, 0.15) is 33.5 Å². The number of nitro groups is 1. The average Bonchev–Trinajstić information content (AvgIpc) is 3.30. The Kier molecular flexibility index (Phi) is 6.03. The lowest BCUT2D eigenvalue weighted by molar-refractivity contribution is -0.385. The zero-order valence-corrected chi connectivity index (χ0v) is 17.4. The van der Waals surface area contributed by atoms with E-state index >= 15 is 0 Å². The van der Waals surface area contributed by atoms with Crippen molar-refractivity contribution in [3.63, 3.8) is 0 Å². The summed E-state index contributed by atoms with van der Waals surface area (Å²) < 4.78 is 0. The van der Waals surface area contributed by atoms with Gasteiger partial charge in [-0.25, -0.2) is 5.43 Å². The van der Waals surface area contributed by atoms with E-state index in [0.29, 0.717) is 0 Å². The molecule has 0 radical (unpaired) electrons.